The van der Waals surface area contributed by atoms with Gasteiger partial charge in [0.05, 0.1) is 13.0 Å². The Kier molecular flexibility index (Phi) is 4.05. The van der Waals surface area contributed by atoms with Crippen molar-refractivity contribution in [1.29, 1.82) is 0 Å². The highest BCUT2D eigenvalue weighted by Gasteiger charge is 2.15. The summed E-state index contributed by atoms with van der Waals surface area (Å²) in [5.41, 5.74) is 1.50. The van der Waals surface area contributed by atoms with E-state index in [1.165, 1.54) is 14.0 Å². The second-order valence-corrected chi connectivity index (χ2v) is 3.55. The fourth-order valence-corrected chi connectivity index (χ4v) is 1.40. The number of anilines is 1. The van der Waals surface area contributed by atoms with Crippen molar-refractivity contribution < 1.29 is 14.3 Å². The minimum absolute atomic E-state index is 0.136. The molecule has 0 unspecified atom stereocenters. The third-order valence-electron chi connectivity index (χ3n) is 2.26. The first-order valence-corrected chi connectivity index (χ1v) is 5.00. The second-order valence-electron chi connectivity index (χ2n) is 3.55. The number of hydrogen-bond donors (Lipinski definition) is 1. The molecule has 0 saturated heterocycles. The van der Waals surface area contributed by atoms with Gasteiger partial charge in [-0.15, -0.1) is 0 Å². The molecule has 0 fully saturated rings. The Hall–Kier alpha value is -1.84. The maximum absolute atomic E-state index is 11.3. The Bertz CT molecular complexity index is 401. The number of carbonyl (C=O) groups is 2. The van der Waals surface area contributed by atoms with Crippen molar-refractivity contribution in [3.8, 4) is 0 Å². The molecular weight excluding hydrogens is 206 g/mol. The molecule has 1 rings (SSSR count). The number of benzene rings is 1. The zero-order valence-electron chi connectivity index (χ0n) is 9.61. The Morgan fingerprint density at radius 1 is 1.38 bits per heavy atom. The number of nitrogens with one attached hydrogen (secondary N) is 1. The number of rotatable bonds is 3. The van der Waals surface area contributed by atoms with Crippen molar-refractivity contribution in [2.75, 3.05) is 12.4 Å². The van der Waals surface area contributed by atoms with Gasteiger partial charge in [-0.05, 0) is 24.6 Å². The third-order valence-corrected chi connectivity index (χ3v) is 2.26. The summed E-state index contributed by atoms with van der Waals surface area (Å²) in [5, 5.41) is 2.67. The van der Waals surface area contributed by atoms with Crippen LogP contribution in [0.5, 0.6) is 0 Å². The molecule has 0 spiro atoms. The van der Waals surface area contributed by atoms with Crippen LogP contribution in [-0.2, 0) is 14.3 Å². The lowest BCUT2D eigenvalue weighted by atomic mass is 10.0. The summed E-state index contributed by atoms with van der Waals surface area (Å²) in [5.74, 6) is -0.762. The Morgan fingerprint density at radius 2 is 2.06 bits per heavy atom. The van der Waals surface area contributed by atoms with Gasteiger partial charge in [-0.3, -0.25) is 9.59 Å². The molecule has 0 aliphatic carbocycles. The molecule has 0 aliphatic heterocycles. The summed E-state index contributed by atoms with van der Waals surface area (Å²) in [6.07, 6.45) is 0. The van der Waals surface area contributed by atoms with Crippen LogP contribution in [0.2, 0.25) is 0 Å². The Labute approximate surface area is 94.6 Å². The van der Waals surface area contributed by atoms with E-state index in [9.17, 15) is 9.59 Å². The second kappa shape index (κ2) is 5.30. The molecule has 0 saturated carbocycles. The number of esters is 1. The third kappa shape index (κ3) is 3.08. The molecule has 0 heterocycles. The molecule has 0 radical (unpaired) electrons. The van der Waals surface area contributed by atoms with Crippen molar-refractivity contribution in [1.82, 2.24) is 0 Å². The average Bonchev–Trinajstić information content (AvgIpc) is 2.26. The quantitative estimate of drug-likeness (QED) is 0.793. The van der Waals surface area contributed by atoms with Crippen molar-refractivity contribution in [2.45, 2.75) is 19.8 Å². The topological polar surface area (TPSA) is 55.4 Å². The van der Waals surface area contributed by atoms with E-state index in [2.05, 4.69) is 10.1 Å². The first-order chi connectivity index (χ1) is 7.54. The molecule has 1 N–H and O–H groups in total. The van der Waals surface area contributed by atoms with Crippen LogP contribution in [-0.4, -0.2) is 19.0 Å². The van der Waals surface area contributed by atoms with E-state index in [1.807, 2.05) is 6.07 Å². The lowest BCUT2D eigenvalue weighted by Crippen LogP contribution is -2.11. The summed E-state index contributed by atoms with van der Waals surface area (Å²) in [4.78, 5) is 22.2. The summed E-state index contributed by atoms with van der Waals surface area (Å²) in [7, 11) is 1.36. The predicted molar refractivity (Wildman–Crippen MR) is 61.2 cm³/mol. The van der Waals surface area contributed by atoms with E-state index in [0.717, 1.165) is 5.56 Å². The van der Waals surface area contributed by atoms with Crippen molar-refractivity contribution in [2.24, 2.45) is 0 Å². The van der Waals surface area contributed by atoms with E-state index < -0.39 is 0 Å². The van der Waals surface area contributed by atoms with Gasteiger partial charge in [0.1, 0.15) is 0 Å². The van der Waals surface area contributed by atoms with Crippen LogP contribution < -0.4 is 5.32 Å². The highest BCUT2D eigenvalue weighted by atomic mass is 16.5. The highest BCUT2D eigenvalue weighted by molar-refractivity contribution is 5.89. The molecule has 4 nitrogen and oxygen atoms in total. The van der Waals surface area contributed by atoms with Gasteiger partial charge < -0.3 is 10.1 Å². The first-order valence-electron chi connectivity index (χ1n) is 5.00. The molecule has 1 atom stereocenters. The minimum Gasteiger partial charge on any atom is -0.469 e. The number of amides is 1. The molecular formula is C12H15NO3. The average molecular weight is 221 g/mol. The van der Waals surface area contributed by atoms with Crippen LogP contribution in [0, 0.1) is 0 Å². The molecule has 86 valence electrons. The zero-order chi connectivity index (χ0) is 12.1. The fourth-order valence-electron chi connectivity index (χ4n) is 1.40. The normalized spacial score (nSPS) is 11.7. The van der Waals surface area contributed by atoms with E-state index in [-0.39, 0.29) is 17.8 Å². The van der Waals surface area contributed by atoms with Gasteiger partial charge in [0.15, 0.2) is 0 Å². The largest absolute Gasteiger partial charge is 0.469 e. The molecule has 0 bridgehead atoms. The molecule has 1 amide bonds. The molecule has 16 heavy (non-hydrogen) atoms. The standard InChI is InChI=1S/C12H15NO3/c1-8(12(15)16-3)10-5-4-6-11(7-10)13-9(2)14/h4-8H,1-3H3,(H,13,14)/t8-/m0/s1. The van der Waals surface area contributed by atoms with Gasteiger partial charge in [0.25, 0.3) is 0 Å². The van der Waals surface area contributed by atoms with E-state index in [0.29, 0.717) is 5.69 Å². The number of carbonyl (C=O) groups excluding carboxylic acids is 2. The fraction of sp³-hybridized carbons (Fsp3) is 0.333. The smallest absolute Gasteiger partial charge is 0.312 e. The Morgan fingerprint density at radius 3 is 2.62 bits per heavy atom. The van der Waals surface area contributed by atoms with Gasteiger partial charge in [0, 0.05) is 12.6 Å². The molecule has 0 aliphatic rings. The summed E-state index contributed by atoms with van der Waals surface area (Å²) in [6.45, 7) is 3.20. The highest BCUT2D eigenvalue weighted by Crippen LogP contribution is 2.20. The molecule has 4 heteroatoms. The van der Waals surface area contributed by atoms with E-state index in [4.69, 9.17) is 0 Å². The van der Waals surface area contributed by atoms with Crippen molar-refractivity contribution >= 4 is 17.6 Å². The van der Waals surface area contributed by atoms with Gasteiger partial charge in [-0.1, -0.05) is 12.1 Å². The summed E-state index contributed by atoms with van der Waals surface area (Å²) in [6, 6.07) is 7.16. The lowest BCUT2D eigenvalue weighted by Gasteiger charge is -2.11. The van der Waals surface area contributed by atoms with Crippen LogP contribution in [0.3, 0.4) is 0 Å². The monoisotopic (exact) mass is 221 g/mol. The van der Waals surface area contributed by atoms with Crippen LogP contribution >= 0.6 is 0 Å². The van der Waals surface area contributed by atoms with Gasteiger partial charge in [-0.25, -0.2) is 0 Å². The van der Waals surface area contributed by atoms with Crippen LogP contribution in [0.25, 0.3) is 0 Å². The molecule has 1 aromatic rings. The van der Waals surface area contributed by atoms with Crippen molar-refractivity contribution in [3.63, 3.8) is 0 Å². The summed E-state index contributed by atoms with van der Waals surface area (Å²) >= 11 is 0. The summed E-state index contributed by atoms with van der Waals surface area (Å²) < 4.78 is 4.66. The van der Waals surface area contributed by atoms with Crippen LogP contribution in [0.1, 0.15) is 25.3 Å². The van der Waals surface area contributed by atoms with Gasteiger partial charge in [0.2, 0.25) is 5.91 Å². The molecule has 1 aromatic carbocycles. The number of methoxy groups -OCH3 is 1. The zero-order valence-corrected chi connectivity index (χ0v) is 9.61. The maximum atomic E-state index is 11.3. The van der Waals surface area contributed by atoms with Crippen LogP contribution in [0.15, 0.2) is 24.3 Å². The lowest BCUT2D eigenvalue weighted by molar-refractivity contribution is -0.142. The van der Waals surface area contributed by atoms with E-state index in [1.54, 1.807) is 25.1 Å². The van der Waals surface area contributed by atoms with Crippen LogP contribution in [0.4, 0.5) is 5.69 Å². The van der Waals surface area contributed by atoms with Gasteiger partial charge in [-0.2, -0.15) is 0 Å². The number of ether oxygens (including phenoxy) is 1. The first kappa shape index (κ1) is 12.2. The SMILES string of the molecule is COC(=O)[C@@H](C)c1cccc(NC(C)=O)c1. The van der Waals surface area contributed by atoms with E-state index >= 15 is 0 Å². The molecule has 0 aromatic heterocycles. The van der Waals surface area contributed by atoms with Crippen molar-refractivity contribution in [3.05, 3.63) is 29.8 Å². The maximum Gasteiger partial charge on any atom is 0.312 e. The van der Waals surface area contributed by atoms with Gasteiger partial charge >= 0.3 is 5.97 Å². The Balaban J connectivity index is 2.89. The predicted octanol–water partition coefficient (Wildman–Crippen LogP) is 1.92. The number of hydrogen-bond acceptors (Lipinski definition) is 3. The minimum atomic E-state index is -0.335.